The lowest BCUT2D eigenvalue weighted by molar-refractivity contribution is -0.394. The Kier molecular flexibility index (Phi) is 13.8. The van der Waals surface area contributed by atoms with Crippen LogP contribution >= 0.6 is 0 Å². The van der Waals surface area contributed by atoms with Crippen molar-refractivity contribution in [2.24, 2.45) is 34.5 Å². The van der Waals surface area contributed by atoms with Crippen molar-refractivity contribution >= 4 is 5.97 Å². The third kappa shape index (κ3) is 8.15. The summed E-state index contributed by atoms with van der Waals surface area (Å²) in [6.45, 7) is 12.5. The van der Waals surface area contributed by atoms with E-state index in [2.05, 4.69) is 26.5 Å². The van der Waals surface area contributed by atoms with Gasteiger partial charge in [0.2, 0.25) is 0 Å². The Bertz CT molecular complexity index is 1820. The summed E-state index contributed by atoms with van der Waals surface area (Å²) >= 11 is 0. The summed E-state index contributed by atoms with van der Waals surface area (Å²) in [4.78, 5) is 12.5. The third-order valence-corrected chi connectivity index (χ3v) is 17.4. The quantitative estimate of drug-likeness (QED) is 0.0707. The highest BCUT2D eigenvalue weighted by Crippen LogP contribution is 2.68. The molecule has 9 aliphatic rings. The molecule has 8 fully saturated rings. The zero-order valence-corrected chi connectivity index (χ0v) is 38.0. The van der Waals surface area contributed by atoms with Gasteiger partial charge in [0.05, 0.1) is 31.0 Å². The number of allylic oxidation sites excluding steroid dienone is 1. The number of carbonyl (C=O) groups excluding carboxylic acids is 1. The highest BCUT2D eigenvalue weighted by atomic mass is 16.8. The van der Waals surface area contributed by atoms with Crippen LogP contribution < -0.4 is 0 Å². The van der Waals surface area contributed by atoms with Crippen molar-refractivity contribution < 1.29 is 98.5 Å². The maximum atomic E-state index is 12.5. The Morgan fingerprint density at radius 1 is 0.652 bits per heavy atom. The normalized spacial score (nSPS) is 56.1. The second-order valence-electron chi connectivity index (χ2n) is 21.1. The molecule has 28 unspecified atom stereocenters. The largest absolute Gasteiger partial charge is 0.458 e. The van der Waals surface area contributed by atoms with Crippen LogP contribution in [0.1, 0.15) is 79.6 Å². The summed E-state index contributed by atoms with van der Waals surface area (Å²) in [5.41, 5.74) is 1.69. The molecule has 5 heterocycles. The van der Waals surface area contributed by atoms with Gasteiger partial charge in [-0.3, -0.25) is 0 Å². The molecule has 0 aromatic carbocycles. The summed E-state index contributed by atoms with van der Waals surface area (Å²) in [6.07, 6.45) is -22.5. The molecule has 10 N–H and O–H groups in total. The number of esters is 1. The van der Waals surface area contributed by atoms with Gasteiger partial charge in [-0.15, -0.1) is 0 Å². The molecule has 66 heavy (non-hydrogen) atoms. The van der Waals surface area contributed by atoms with Gasteiger partial charge in [0.15, 0.2) is 25.2 Å². The maximum Gasteiger partial charge on any atom is 0.334 e. The van der Waals surface area contributed by atoms with E-state index in [1.807, 2.05) is 0 Å². The fraction of sp³-hybridized carbons (Fsp3) is 0.891. The van der Waals surface area contributed by atoms with Gasteiger partial charge in [-0.2, -0.15) is 0 Å². The molecule has 20 nitrogen and oxygen atoms in total. The molecule has 0 spiro atoms. The van der Waals surface area contributed by atoms with Gasteiger partial charge in [0.25, 0.3) is 0 Å². The molecule has 5 aliphatic heterocycles. The van der Waals surface area contributed by atoms with Gasteiger partial charge in [-0.1, -0.05) is 32.1 Å². The Labute approximate surface area is 383 Å². The van der Waals surface area contributed by atoms with Crippen molar-refractivity contribution in [1.29, 1.82) is 0 Å². The molecule has 4 aliphatic carbocycles. The molecule has 9 rings (SSSR count). The van der Waals surface area contributed by atoms with Crippen molar-refractivity contribution in [3.05, 3.63) is 23.8 Å². The van der Waals surface area contributed by atoms with Crippen LogP contribution in [-0.2, 0) is 47.4 Å². The number of hydrogen-bond acceptors (Lipinski definition) is 20. The molecule has 5 saturated heterocycles. The summed E-state index contributed by atoms with van der Waals surface area (Å²) in [6, 6.07) is 0. The summed E-state index contributed by atoms with van der Waals surface area (Å²) in [5, 5.41) is 108. The zero-order valence-electron chi connectivity index (χ0n) is 38.0. The van der Waals surface area contributed by atoms with Gasteiger partial charge in [0.1, 0.15) is 85.5 Å². The average Bonchev–Trinajstić information content (AvgIpc) is 3.75. The second kappa shape index (κ2) is 18.4. The molecule has 374 valence electrons. The van der Waals surface area contributed by atoms with Crippen LogP contribution in [-0.4, -0.2) is 199 Å². The van der Waals surface area contributed by atoms with Gasteiger partial charge < -0.3 is 93.7 Å². The van der Waals surface area contributed by atoms with E-state index in [0.717, 1.165) is 32.1 Å². The van der Waals surface area contributed by atoms with Gasteiger partial charge in [-0.05, 0) is 94.3 Å². The number of aliphatic hydroxyl groups excluding tert-OH is 10. The van der Waals surface area contributed by atoms with Crippen molar-refractivity contribution in [3.8, 4) is 0 Å². The highest BCUT2D eigenvalue weighted by Gasteiger charge is 2.65. The van der Waals surface area contributed by atoms with E-state index in [1.54, 1.807) is 0 Å². The Morgan fingerprint density at radius 3 is 1.85 bits per heavy atom. The first-order chi connectivity index (χ1) is 31.2. The van der Waals surface area contributed by atoms with E-state index in [-0.39, 0.29) is 28.8 Å². The highest BCUT2D eigenvalue weighted by molar-refractivity contribution is 5.91. The monoisotopic (exact) mass is 942 g/mol. The van der Waals surface area contributed by atoms with Crippen LogP contribution in [0.15, 0.2) is 23.8 Å². The zero-order chi connectivity index (χ0) is 47.5. The topological polar surface area (TPSA) is 302 Å². The average molecular weight is 943 g/mol. The van der Waals surface area contributed by atoms with E-state index in [0.29, 0.717) is 36.2 Å². The lowest BCUT2D eigenvalue weighted by Gasteiger charge is -2.58. The molecule has 0 aromatic rings. The summed E-state index contributed by atoms with van der Waals surface area (Å²) in [7, 11) is 0. The van der Waals surface area contributed by atoms with Crippen molar-refractivity contribution in [1.82, 2.24) is 0 Å². The standard InChI is InChI=1S/C46H70O20/c1-16-27-25(62-40(16)57)14-24-22-8-7-20-13-21(9-11-45(20,5)23(22)10-12-46(24,27)6)61-44-39(66-42-34(54)31(51)29(49)18(3)59-42)36(56)38(26(15-47)63-44)65-43-35(55)32(52)37(19(4)60-43)64-41-33(53)30(50)28(48)17(2)58-41/h7,17-19,21-39,41-44,47-56H,1,8-15H2,2-6H3. The molecule has 3 saturated carbocycles. The molecular weight excluding hydrogens is 872 g/mol. The summed E-state index contributed by atoms with van der Waals surface area (Å²) < 4.78 is 54.1. The van der Waals surface area contributed by atoms with Gasteiger partial charge in [-0.25, -0.2) is 4.79 Å². The Morgan fingerprint density at radius 2 is 1.23 bits per heavy atom. The number of hydrogen-bond donors (Lipinski definition) is 10. The van der Waals surface area contributed by atoms with E-state index in [1.165, 1.54) is 26.3 Å². The van der Waals surface area contributed by atoms with Crippen LogP contribution in [0.2, 0.25) is 0 Å². The van der Waals surface area contributed by atoms with Crippen LogP contribution in [0, 0.1) is 34.5 Å². The fourth-order valence-corrected chi connectivity index (χ4v) is 13.5. The van der Waals surface area contributed by atoms with Crippen molar-refractivity contribution in [2.45, 2.75) is 215 Å². The molecule has 0 amide bonds. The van der Waals surface area contributed by atoms with Crippen LogP contribution in [0.25, 0.3) is 0 Å². The second-order valence-corrected chi connectivity index (χ2v) is 21.1. The minimum atomic E-state index is -1.86. The lowest BCUT2D eigenvalue weighted by Crippen LogP contribution is -2.67. The minimum Gasteiger partial charge on any atom is -0.458 e. The SMILES string of the molecule is C=C1C(=O)OC2CC3C4CC=C5CC(OC6OC(CO)C(OC7OC(C)C(OC8OC(C)C(O)C(O)C8O)C(O)C7O)C(O)C6OC6OC(C)C(O)C(O)C6O)CCC5(C)C4CCC3(C)C12. The molecular formula is C46H70O20. The minimum absolute atomic E-state index is 0.0429. The number of aliphatic hydroxyl groups is 10. The maximum absolute atomic E-state index is 12.5. The Balaban J connectivity index is 0.909. The van der Waals surface area contributed by atoms with Crippen molar-refractivity contribution in [3.63, 3.8) is 0 Å². The van der Waals surface area contributed by atoms with E-state index in [4.69, 9.17) is 42.6 Å². The van der Waals surface area contributed by atoms with Gasteiger partial charge >= 0.3 is 5.97 Å². The predicted octanol–water partition coefficient (Wildman–Crippen LogP) is -1.60. The number of ether oxygens (including phenoxy) is 9. The van der Waals surface area contributed by atoms with Crippen LogP contribution in [0.4, 0.5) is 0 Å². The predicted molar refractivity (Wildman–Crippen MR) is 222 cm³/mol. The molecule has 0 radical (unpaired) electrons. The fourth-order valence-electron chi connectivity index (χ4n) is 13.5. The molecule has 20 heteroatoms. The third-order valence-electron chi connectivity index (χ3n) is 17.4. The van der Waals surface area contributed by atoms with Crippen molar-refractivity contribution in [2.75, 3.05) is 6.61 Å². The molecule has 0 aromatic heterocycles. The first-order valence-electron chi connectivity index (χ1n) is 23.7. The smallest absolute Gasteiger partial charge is 0.334 e. The Hall–Kier alpha value is -1.77. The van der Waals surface area contributed by atoms with E-state index >= 15 is 0 Å². The van der Waals surface area contributed by atoms with Crippen LogP contribution in [0.3, 0.4) is 0 Å². The van der Waals surface area contributed by atoms with E-state index < -0.39 is 136 Å². The molecule has 28 atom stereocenters. The summed E-state index contributed by atoms with van der Waals surface area (Å²) in [5.74, 6) is 0.991. The number of rotatable bonds is 9. The molecule has 0 bridgehead atoms. The van der Waals surface area contributed by atoms with E-state index in [9.17, 15) is 55.9 Å². The van der Waals surface area contributed by atoms with Crippen LogP contribution in [0.5, 0.6) is 0 Å². The number of carbonyl (C=O) groups is 1. The first-order valence-corrected chi connectivity index (χ1v) is 23.7. The number of fused-ring (bicyclic) bond motifs is 7. The first kappa shape index (κ1) is 49.2. The van der Waals surface area contributed by atoms with Gasteiger partial charge in [0, 0.05) is 11.5 Å². The lowest BCUT2D eigenvalue weighted by atomic mass is 9.47.